The number of carbonyl (C=O) groups excluding carboxylic acids is 1. The smallest absolute Gasteiger partial charge is 0.218 e. The van der Waals surface area contributed by atoms with E-state index in [1.807, 2.05) is 30.5 Å². The Morgan fingerprint density at radius 3 is 2.90 bits per heavy atom. The van der Waals surface area contributed by atoms with Crippen molar-refractivity contribution < 1.29 is 19.0 Å². The van der Waals surface area contributed by atoms with Gasteiger partial charge in [-0.1, -0.05) is 18.2 Å². The number of Topliss-reactive ketones (excluding diaryl/α,β-unsaturated/α-hetero) is 1. The van der Waals surface area contributed by atoms with Gasteiger partial charge in [-0.2, -0.15) is 0 Å². The first-order valence-corrected chi connectivity index (χ1v) is 11.3. The van der Waals surface area contributed by atoms with Crippen molar-refractivity contribution in [1.29, 1.82) is 0 Å². The number of hydrogen-bond donors (Lipinski definition) is 0. The van der Waals surface area contributed by atoms with Crippen LogP contribution in [0.3, 0.4) is 0 Å². The van der Waals surface area contributed by atoms with Crippen molar-refractivity contribution in [2.75, 3.05) is 19.8 Å². The second-order valence-corrected chi connectivity index (χ2v) is 8.53. The molecule has 3 aliphatic rings. The van der Waals surface area contributed by atoms with Crippen LogP contribution in [0.1, 0.15) is 60.4 Å². The molecule has 0 saturated carbocycles. The number of ketones is 1. The number of aliphatic imine (C=N–C) groups is 1. The second kappa shape index (κ2) is 9.18. The Hall–Kier alpha value is -2.73. The van der Waals surface area contributed by atoms with Crippen molar-refractivity contribution in [1.82, 2.24) is 4.98 Å². The standard InChI is InChI=1S/C25H28N2O4/c28-20(13-17-4-3-9-30-24-6-2-1-5-22(17)24)14-19-12-18-15-27-25(23(18)16-26-19)31-21-7-10-29-11-8-21/h1-2,5-6,12,16-17,21H,3-4,7-11,13-15H2. The van der Waals surface area contributed by atoms with Crippen molar-refractivity contribution >= 4 is 11.7 Å². The number of carbonyl (C=O) groups is 1. The summed E-state index contributed by atoms with van der Waals surface area (Å²) in [5.41, 5.74) is 4.01. The molecule has 1 fully saturated rings. The lowest BCUT2D eigenvalue weighted by Gasteiger charge is -2.23. The SMILES string of the molecule is O=C(Cc1cc2c(cn1)C(OC1CCOCC1)=NC2)CC1CCCOc2ccccc21. The molecule has 162 valence electrons. The molecule has 0 aliphatic carbocycles. The molecule has 6 heteroatoms. The van der Waals surface area contributed by atoms with Gasteiger partial charge in [-0.3, -0.25) is 9.78 Å². The highest BCUT2D eigenvalue weighted by molar-refractivity contribution is 5.97. The summed E-state index contributed by atoms with van der Waals surface area (Å²) in [7, 11) is 0. The molecular weight excluding hydrogens is 392 g/mol. The molecule has 1 aromatic carbocycles. The molecule has 0 bridgehead atoms. The Kier molecular flexibility index (Phi) is 5.98. The fourth-order valence-corrected chi connectivity index (χ4v) is 4.64. The number of pyridine rings is 1. The zero-order chi connectivity index (χ0) is 21.0. The predicted molar refractivity (Wildman–Crippen MR) is 117 cm³/mol. The van der Waals surface area contributed by atoms with E-state index in [4.69, 9.17) is 14.2 Å². The molecule has 1 aromatic heterocycles. The summed E-state index contributed by atoms with van der Waals surface area (Å²) in [5, 5.41) is 0. The Morgan fingerprint density at radius 1 is 1.13 bits per heavy atom. The summed E-state index contributed by atoms with van der Waals surface area (Å²) in [4.78, 5) is 22.0. The molecule has 3 aliphatic heterocycles. The van der Waals surface area contributed by atoms with E-state index in [0.717, 1.165) is 67.0 Å². The summed E-state index contributed by atoms with van der Waals surface area (Å²) >= 11 is 0. The van der Waals surface area contributed by atoms with Crippen LogP contribution in [0.5, 0.6) is 5.75 Å². The summed E-state index contributed by atoms with van der Waals surface area (Å²) in [6.45, 7) is 2.78. The van der Waals surface area contributed by atoms with E-state index < -0.39 is 0 Å². The van der Waals surface area contributed by atoms with Gasteiger partial charge in [0.25, 0.3) is 0 Å². The van der Waals surface area contributed by atoms with Gasteiger partial charge in [0.2, 0.25) is 5.90 Å². The molecule has 0 radical (unpaired) electrons. The summed E-state index contributed by atoms with van der Waals surface area (Å²) in [5.74, 6) is 2.03. The average Bonchev–Trinajstić information content (AvgIpc) is 3.07. The maximum atomic E-state index is 12.9. The molecule has 6 nitrogen and oxygen atoms in total. The van der Waals surface area contributed by atoms with E-state index in [0.29, 0.717) is 31.9 Å². The third kappa shape index (κ3) is 4.64. The topological polar surface area (TPSA) is 70.0 Å². The summed E-state index contributed by atoms with van der Waals surface area (Å²) < 4.78 is 17.3. The van der Waals surface area contributed by atoms with E-state index in [2.05, 4.69) is 16.0 Å². The zero-order valence-corrected chi connectivity index (χ0v) is 17.7. The molecule has 1 atom stereocenters. The Morgan fingerprint density at radius 2 is 2.00 bits per heavy atom. The van der Waals surface area contributed by atoms with Crippen molar-refractivity contribution in [3.05, 3.63) is 58.9 Å². The number of hydrogen-bond acceptors (Lipinski definition) is 6. The third-order valence-corrected chi connectivity index (χ3v) is 6.28. The Labute approximate surface area is 182 Å². The quantitative estimate of drug-likeness (QED) is 0.731. The minimum atomic E-state index is 0.158. The maximum absolute atomic E-state index is 12.9. The highest BCUT2D eigenvalue weighted by Gasteiger charge is 2.25. The van der Waals surface area contributed by atoms with E-state index >= 15 is 0 Å². The first-order valence-electron chi connectivity index (χ1n) is 11.3. The minimum absolute atomic E-state index is 0.158. The molecule has 4 heterocycles. The molecule has 1 saturated heterocycles. The van der Waals surface area contributed by atoms with Crippen LogP contribution in [0.4, 0.5) is 0 Å². The molecule has 1 unspecified atom stereocenters. The summed E-state index contributed by atoms with van der Waals surface area (Å²) in [6, 6.07) is 10.1. The molecule has 0 N–H and O–H groups in total. The van der Waals surface area contributed by atoms with Crippen molar-refractivity contribution in [3.63, 3.8) is 0 Å². The van der Waals surface area contributed by atoms with E-state index in [-0.39, 0.29) is 17.8 Å². The molecule has 5 rings (SSSR count). The molecular formula is C25H28N2O4. The second-order valence-electron chi connectivity index (χ2n) is 8.53. The number of aromatic nitrogens is 1. The van der Waals surface area contributed by atoms with Crippen LogP contribution in [0.15, 0.2) is 41.5 Å². The van der Waals surface area contributed by atoms with Crippen LogP contribution < -0.4 is 4.74 Å². The van der Waals surface area contributed by atoms with Gasteiger partial charge in [0, 0.05) is 37.6 Å². The van der Waals surface area contributed by atoms with Gasteiger partial charge in [-0.05, 0) is 42.0 Å². The minimum Gasteiger partial charge on any atom is -0.493 e. The number of ether oxygens (including phenoxy) is 3. The highest BCUT2D eigenvalue weighted by Crippen LogP contribution is 2.35. The number of rotatable bonds is 5. The van der Waals surface area contributed by atoms with Crippen LogP contribution in [0.25, 0.3) is 0 Å². The maximum Gasteiger partial charge on any atom is 0.218 e. The van der Waals surface area contributed by atoms with Crippen molar-refractivity contribution in [2.45, 2.75) is 57.1 Å². The Balaban J connectivity index is 1.22. The van der Waals surface area contributed by atoms with E-state index in [1.54, 1.807) is 0 Å². The van der Waals surface area contributed by atoms with Gasteiger partial charge in [-0.25, -0.2) is 4.99 Å². The largest absolute Gasteiger partial charge is 0.493 e. The van der Waals surface area contributed by atoms with Crippen LogP contribution in [-0.2, 0) is 27.2 Å². The summed E-state index contributed by atoms with van der Waals surface area (Å²) in [6.07, 6.45) is 6.58. The lowest BCUT2D eigenvalue weighted by Crippen LogP contribution is -2.26. The normalized spacial score (nSPS) is 20.8. The fraction of sp³-hybridized carbons (Fsp3) is 0.480. The third-order valence-electron chi connectivity index (χ3n) is 6.28. The fourth-order valence-electron chi connectivity index (χ4n) is 4.64. The van der Waals surface area contributed by atoms with Gasteiger partial charge in [0.15, 0.2) is 0 Å². The first kappa shape index (κ1) is 20.2. The molecule has 2 aromatic rings. The number of fused-ring (bicyclic) bond motifs is 2. The van der Waals surface area contributed by atoms with Crippen LogP contribution in [0.2, 0.25) is 0 Å². The van der Waals surface area contributed by atoms with Crippen LogP contribution in [-0.4, -0.2) is 42.6 Å². The van der Waals surface area contributed by atoms with Crippen LogP contribution >= 0.6 is 0 Å². The van der Waals surface area contributed by atoms with Crippen molar-refractivity contribution in [3.8, 4) is 5.75 Å². The Bertz CT molecular complexity index is 981. The van der Waals surface area contributed by atoms with Gasteiger partial charge < -0.3 is 14.2 Å². The molecule has 0 amide bonds. The average molecular weight is 421 g/mol. The van der Waals surface area contributed by atoms with E-state index in [1.165, 1.54) is 0 Å². The molecule has 31 heavy (non-hydrogen) atoms. The number of para-hydroxylation sites is 1. The van der Waals surface area contributed by atoms with Gasteiger partial charge in [-0.15, -0.1) is 0 Å². The lowest BCUT2D eigenvalue weighted by molar-refractivity contribution is -0.118. The zero-order valence-electron chi connectivity index (χ0n) is 17.7. The van der Waals surface area contributed by atoms with Crippen LogP contribution in [0, 0.1) is 0 Å². The monoisotopic (exact) mass is 420 g/mol. The molecule has 0 spiro atoms. The van der Waals surface area contributed by atoms with Crippen molar-refractivity contribution in [2.24, 2.45) is 4.99 Å². The predicted octanol–water partition coefficient (Wildman–Crippen LogP) is 4.00. The number of benzene rings is 1. The van der Waals surface area contributed by atoms with Gasteiger partial charge in [0.05, 0.1) is 31.9 Å². The highest BCUT2D eigenvalue weighted by atomic mass is 16.5. The van der Waals surface area contributed by atoms with Gasteiger partial charge >= 0.3 is 0 Å². The van der Waals surface area contributed by atoms with Gasteiger partial charge in [0.1, 0.15) is 17.6 Å². The first-order chi connectivity index (χ1) is 15.3. The lowest BCUT2D eigenvalue weighted by atomic mass is 9.88. The van der Waals surface area contributed by atoms with E-state index in [9.17, 15) is 4.79 Å². The number of nitrogens with zero attached hydrogens (tertiary/aromatic N) is 2.